The Hall–Kier alpha value is -0.640. The summed E-state index contributed by atoms with van der Waals surface area (Å²) in [6, 6.07) is 12.7. The maximum absolute atomic E-state index is 4.39. The topological polar surface area (TPSA) is 28.0 Å². The second-order valence-corrected chi connectivity index (χ2v) is 10.4. The highest BCUT2D eigenvalue weighted by atomic mass is 127. The molecule has 23 heavy (non-hydrogen) atoms. The van der Waals surface area contributed by atoms with Gasteiger partial charge in [-0.15, -0.1) is 32.9 Å². The maximum atomic E-state index is 4.39. The smallest absolute Gasteiger partial charge is 0.140 e. The molecule has 7 heteroatoms. The van der Waals surface area contributed by atoms with Gasteiger partial charge in [0.25, 0.3) is 0 Å². The molecule has 3 heterocycles. The van der Waals surface area contributed by atoms with Crippen LogP contribution in [-0.2, 0) is 0 Å². The van der Waals surface area contributed by atoms with Crippen LogP contribution in [0.3, 0.4) is 0 Å². The highest BCUT2D eigenvalue weighted by Crippen LogP contribution is 2.38. The molecule has 1 fully saturated rings. The molecule has 0 amide bonds. The molecule has 1 aromatic carbocycles. The van der Waals surface area contributed by atoms with Crippen LogP contribution in [0.2, 0.25) is 0 Å². The quantitative estimate of drug-likeness (QED) is 0.321. The van der Waals surface area contributed by atoms with Crippen LogP contribution in [0.25, 0.3) is 9.40 Å². The van der Waals surface area contributed by atoms with E-state index in [9.17, 15) is 0 Å². The van der Waals surface area contributed by atoms with Gasteiger partial charge in [-0.2, -0.15) is 11.8 Å². The van der Waals surface area contributed by atoms with Crippen LogP contribution in [0.5, 0.6) is 0 Å². The molecule has 1 aliphatic heterocycles. The molecular formula is C16H14IN3S3. The Morgan fingerprint density at radius 3 is 2.39 bits per heavy atom. The van der Waals surface area contributed by atoms with Crippen LogP contribution in [0.4, 0.5) is 16.4 Å². The monoisotopic (exact) mass is 471 g/mol. The number of fused-ring (bicyclic) bond motifs is 1. The predicted molar refractivity (Wildman–Crippen MR) is 113 cm³/mol. The number of azo groups is 1. The third-order valence-corrected chi connectivity index (χ3v) is 7.53. The molecule has 1 aliphatic rings. The van der Waals surface area contributed by atoms with Crippen molar-refractivity contribution in [3.63, 3.8) is 0 Å². The first-order valence-corrected chi connectivity index (χ1v) is 11.2. The van der Waals surface area contributed by atoms with E-state index in [1.807, 2.05) is 11.8 Å². The van der Waals surface area contributed by atoms with Gasteiger partial charge in [-0.25, -0.2) is 0 Å². The number of thioether (sulfide) groups is 1. The normalized spacial score (nSPS) is 15.8. The number of thiophene rings is 2. The van der Waals surface area contributed by atoms with Gasteiger partial charge in [0.15, 0.2) is 0 Å². The van der Waals surface area contributed by atoms with Crippen LogP contribution in [0.15, 0.2) is 46.6 Å². The summed E-state index contributed by atoms with van der Waals surface area (Å²) in [5.41, 5.74) is 2.20. The number of benzene rings is 1. The average Bonchev–Trinajstić information content (AvgIpc) is 3.11. The molecule has 0 saturated carbocycles. The summed E-state index contributed by atoms with van der Waals surface area (Å²) in [5.74, 6) is 2.44. The molecule has 3 aromatic rings. The van der Waals surface area contributed by atoms with E-state index in [1.54, 1.807) is 22.7 Å². The Morgan fingerprint density at radius 1 is 0.913 bits per heavy atom. The number of anilines is 1. The zero-order chi connectivity index (χ0) is 15.6. The highest BCUT2D eigenvalue weighted by molar-refractivity contribution is 14.1. The lowest BCUT2D eigenvalue weighted by Crippen LogP contribution is -2.32. The average molecular weight is 471 g/mol. The van der Waals surface area contributed by atoms with E-state index < -0.39 is 0 Å². The number of hydrogen-bond acceptors (Lipinski definition) is 6. The Balaban J connectivity index is 1.48. The maximum Gasteiger partial charge on any atom is 0.140 e. The van der Waals surface area contributed by atoms with E-state index in [0.29, 0.717) is 0 Å². The largest absolute Gasteiger partial charge is 0.370 e. The van der Waals surface area contributed by atoms with E-state index in [4.69, 9.17) is 0 Å². The van der Waals surface area contributed by atoms with Gasteiger partial charge in [-0.1, -0.05) is 0 Å². The molecule has 3 nitrogen and oxygen atoms in total. The zero-order valence-corrected chi connectivity index (χ0v) is 16.8. The van der Waals surface area contributed by atoms with Gasteiger partial charge in [-0.3, -0.25) is 0 Å². The van der Waals surface area contributed by atoms with E-state index in [1.165, 1.54) is 29.5 Å². The van der Waals surface area contributed by atoms with E-state index >= 15 is 0 Å². The standard InChI is InChI=1S/C16H14IN3S3/c17-15-9-13-14(22-15)10-16(23-13)19-18-11-1-3-12(4-2-11)20-5-7-21-8-6-20/h1-4,9-10H,5-8H2. The van der Waals surface area contributed by atoms with Gasteiger partial charge in [0.1, 0.15) is 5.00 Å². The fourth-order valence-electron chi connectivity index (χ4n) is 2.50. The number of nitrogens with zero attached hydrogens (tertiary/aromatic N) is 3. The Bertz CT molecular complexity index is 801. The minimum Gasteiger partial charge on any atom is -0.370 e. The fraction of sp³-hybridized carbons (Fsp3) is 0.250. The van der Waals surface area contributed by atoms with Gasteiger partial charge in [0.05, 0.1) is 8.57 Å². The van der Waals surface area contributed by atoms with Crippen molar-refractivity contribution < 1.29 is 0 Å². The van der Waals surface area contributed by atoms with Crippen molar-refractivity contribution >= 4 is 82.8 Å². The lowest BCUT2D eigenvalue weighted by atomic mass is 10.2. The minimum absolute atomic E-state index is 0.909. The van der Waals surface area contributed by atoms with Gasteiger partial charge in [0, 0.05) is 39.7 Å². The molecule has 4 rings (SSSR count). The van der Waals surface area contributed by atoms with Crippen LogP contribution in [0.1, 0.15) is 0 Å². The second-order valence-electron chi connectivity index (χ2n) is 5.18. The second kappa shape index (κ2) is 7.08. The molecule has 0 radical (unpaired) electrons. The molecule has 0 unspecified atom stereocenters. The van der Waals surface area contributed by atoms with Gasteiger partial charge in [-0.05, 0) is 59.0 Å². The first kappa shape index (κ1) is 15.9. The lowest BCUT2D eigenvalue weighted by molar-refractivity contribution is 0.859. The van der Waals surface area contributed by atoms with Crippen LogP contribution in [-0.4, -0.2) is 24.6 Å². The molecule has 0 spiro atoms. The Kier molecular flexibility index (Phi) is 4.88. The number of halogens is 1. The van der Waals surface area contributed by atoms with E-state index in [2.05, 4.69) is 74.1 Å². The molecule has 1 saturated heterocycles. The summed E-state index contributed by atoms with van der Waals surface area (Å²) in [7, 11) is 0. The van der Waals surface area contributed by atoms with Gasteiger partial charge >= 0.3 is 0 Å². The SMILES string of the molecule is Ic1cc2sc(N=Nc3ccc(N4CCSCC4)cc3)cc2s1. The van der Waals surface area contributed by atoms with Crippen LogP contribution < -0.4 is 4.90 Å². The predicted octanol–water partition coefficient (Wildman–Crippen LogP) is 6.54. The molecule has 0 atom stereocenters. The molecule has 2 aromatic heterocycles. The summed E-state index contributed by atoms with van der Waals surface area (Å²) in [5, 5.41) is 9.74. The first-order chi connectivity index (χ1) is 11.3. The summed E-state index contributed by atoms with van der Waals surface area (Å²) >= 11 is 7.89. The van der Waals surface area contributed by atoms with Crippen LogP contribution in [0, 0.1) is 2.88 Å². The summed E-state index contributed by atoms with van der Waals surface area (Å²) in [6.45, 7) is 2.27. The first-order valence-electron chi connectivity index (χ1n) is 7.31. The third kappa shape index (κ3) is 3.72. The summed E-state index contributed by atoms with van der Waals surface area (Å²) < 4.78 is 3.91. The zero-order valence-electron chi connectivity index (χ0n) is 12.2. The van der Waals surface area contributed by atoms with Crippen LogP contribution >= 0.6 is 57.0 Å². The minimum atomic E-state index is 0.909. The van der Waals surface area contributed by atoms with Crippen molar-refractivity contribution in [1.29, 1.82) is 0 Å². The Labute approximate surface area is 160 Å². The van der Waals surface area contributed by atoms with Crippen molar-refractivity contribution in [2.24, 2.45) is 10.2 Å². The third-order valence-electron chi connectivity index (χ3n) is 3.65. The molecule has 0 N–H and O–H groups in total. The molecular weight excluding hydrogens is 457 g/mol. The van der Waals surface area contributed by atoms with Gasteiger partial charge in [0.2, 0.25) is 0 Å². The summed E-state index contributed by atoms with van der Waals surface area (Å²) in [4.78, 5) is 2.44. The number of rotatable bonds is 3. The highest BCUT2D eigenvalue weighted by Gasteiger charge is 2.10. The van der Waals surface area contributed by atoms with Crippen molar-refractivity contribution in [3.8, 4) is 0 Å². The molecule has 0 aliphatic carbocycles. The van der Waals surface area contributed by atoms with Crippen molar-refractivity contribution in [3.05, 3.63) is 39.3 Å². The van der Waals surface area contributed by atoms with Gasteiger partial charge < -0.3 is 4.90 Å². The Morgan fingerprint density at radius 2 is 1.65 bits per heavy atom. The molecule has 0 bridgehead atoms. The lowest BCUT2D eigenvalue weighted by Gasteiger charge is -2.28. The number of hydrogen-bond donors (Lipinski definition) is 0. The fourth-order valence-corrected chi connectivity index (χ4v) is 6.58. The van der Waals surface area contributed by atoms with E-state index in [0.717, 1.165) is 23.8 Å². The molecule has 118 valence electrons. The summed E-state index contributed by atoms with van der Waals surface area (Å²) in [6.07, 6.45) is 0. The van der Waals surface area contributed by atoms with Crippen molar-refractivity contribution in [2.45, 2.75) is 0 Å². The van der Waals surface area contributed by atoms with Crippen molar-refractivity contribution in [1.82, 2.24) is 0 Å². The van der Waals surface area contributed by atoms with Crippen molar-refractivity contribution in [2.75, 3.05) is 29.5 Å². The van der Waals surface area contributed by atoms with E-state index in [-0.39, 0.29) is 0 Å².